The maximum Gasteiger partial charge on any atom is 0.184 e. The van der Waals surface area contributed by atoms with E-state index in [0.29, 0.717) is 0 Å². The Kier molecular flexibility index (Phi) is 3.13. The van der Waals surface area contributed by atoms with E-state index in [4.69, 9.17) is 5.73 Å². The van der Waals surface area contributed by atoms with E-state index >= 15 is 0 Å². The predicted octanol–water partition coefficient (Wildman–Crippen LogP) is 0.888. The average molecular weight is 224 g/mol. The summed E-state index contributed by atoms with van der Waals surface area (Å²) in [6.07, 6.45) is 5.04. The standard InChI is InChI=1S/C8H12N6S/c9-6-4-11-8(15-6)10-3-1-2-7-12-5-13-14-7/h4-5H,1-3,9H2,(H,10,11)(H,12,13,14). The van der Waals surface area contributed by atoms with E-state index in [1.54, 1.807) is 6.20 Å². The number of nitrogen functional groups attached to an aromatic ring is 1. The fraction of sp³-hybridized carbons (Fsp3) is 0.375. The first kappa shape index (κ1) is 9.91. The van der Waals surface area contributed by atoms with Gasteiger partial charge in [-0.2, -0.15) is 5.10 Å². The summed E-state index contributed by atoms with van der Waals surface area (Å²) in [6.45, 7) is 0.855. The lowest BCUT2D eigenvalue weighted by Gasteiger charge is -2.00. The molecule has 0 saturated carbocycles. The van der Waals surface area contributed by atoms with E-state index in [0.717, 1.165) is 35.3 Å². The van der Waals surface area contributed by atoms with Gasteiger partial charge in [0.05, 0.1) is 6.20 Å². The third-order valence-corrected chi connectivity index (χ3v) is 2.64. The summed E-state index contributed by atoms with van der Waals surface area (Å²) >= 11 is 1.46. The Balaban J connectivity index is 1.67. The first-order valence-corrected chi connectivity index (χ1v) is 5.45. The van der Waals surface area contributed by atoms with Gasteiger partial charge < -0.3 is 11.1 Å². The number of thiazole rings is 1. The third-order valence-electron chi connectivity index (χ3n) is 1.86. The minimum atomic E-state index is 0.729. The second-order valence-corrected chi connectivity index (χ2v) is 4.09. The number of aromatic amines is 1. The van der Waals surface area contributed by atoms with Gasteiger partial charge in [0.2, 0.25) is 0 Å². The number of H-pyrrole nitrogens is 1. The van der Waals surface area contributed by atoms with E-state index in [9.17, 15) is 0 Å². The Labute approximate surface area is 90.9 Å². The molecule has 0 fully saturated rings. The van der Waals surface area contributed by atoms with Gasteiger partial charge in [0.1, 0.15) is 17.2 Å². The summed E-state index contributed by atoms with van der Waals surface area (Å²) in [5, 5.41) is 11.4. The highest BCUT2D eigenvalue weighted by molar-refractivity contribution is 7.19. The summed E-state index contributed by atoms with van der Waals surface area (Å²) in [4.78, 5) is 8.13. The topological polar surface area (TPSA) is 92.5 Å². The van der Waals surface area contributed by atoms with Crippen LogP contribution in [0.5, 0.6) is 0 Å². The van der Waals surface area contributed by atoms with Crippen LogP contribution in [-0.4, -0.2) is 26.7 Å². The van der Waals surface area contributed by atoms with Crippen LogP contribution in [0, 0.1) is 0 Å². The number of aromatic nitrogens is 4. The number of aryl methyl sites for hydroxylation is 1. The molecule has 4 N–H and O–H groups in total. The predicted molar refractivity (Wildman–Crippen MR) is 59.7 cm³/mol. The van der Waals surface area contributed by atoms with Crippen molar-refractivity contribution in [1.82, 2.24) is 20.2 Å². The van der Waals surface area contributed by atoms with Crippen molar-refractivity contribution in [2.45, 2.75) is 12.8 Å². The van der Waals surface area contributed by atoms with Gasteiger partial charge in [-0.15, -0.1) is 0 Å². The van der Waals surface area contributed by atoms with Gasteiger partial charge in [-0.1, -0.05) is 11.3 Å². The van der Waals surface area contributed by atoms with Crippen LogP contribution < -0.4 is 11.1 Å². The van der Waals surface area contributed by atoms with Gasteiger partial charge in [0, 0.05) is 13.0 Å². The van der Waals surface area contributed by atoms with E-state index in [1.807, 2.05) is 0 Å². The van der Waals surface area contributed by atoms with Crippen LogP contribution in [0.1, 0.15) is 12.2 Å². The molecule has 0 amide bonds. The Bertz CT molecular complexity index is 395. The second-order valence-electron chi connectivity index (χ2n) is 3.03. The maximum atomic E-state index is 5.55. The van der Waals surface area contributed by atoms with Crippen LogP contribution in [0.3, 0.4) is 0 Å². The zero-order valence-corrected chi connectivity index (χ0v) is 8.92. The molecule has 2 aromatic heterocycles. The van der Waals surface area contributed by atoms with E-state index in [1.165, 1.54) is 17.7 Å². The molecular weight excluding hydrogens is 212 g/mol. The van der Waals surface area contributed by atoms with Gasteiger partial charge in [-0.25, -0.2) is 9.97 Å². The Hall–Kier alpha value is -1.63. The molecule has 0 aliphatic carbocycles. The maximum absolute atomic E-state index is 5.55. The van der Waals surface area contributed by atoms with Gasteiger partial charge in [0.25, 0.3) is 0 Å². The number of hydrogen-bond donors (Lipinski definition) is 3. The van der Waals surface area contributed by atoms with Crippen LogP contribution in [0.15, 0.2) is 12.5 Å². The Morgan fingerprint density at radius 3 is 3.07 bits per heavy atom. The van der Waals surface area contributed by atoms with Crippen molar-refractivity contribution < 1.29 is 0 Å². The zero-order chi connectivity index (χ0) is 10.5. The van der Waals surface area contributed by atoms with Crippen molar-refractivity contribution in [3.63, 3.8) is 0 Å². The summed E-state index contributed by atoms with van der Waals surface area (Å²) in [5.74, 6) is 0.912. The van der Waals surface area contributed by atoms with Gasteiger partial charge in [-0.3, -0.25) is 5.10 Å². The molecule has 15 heavy (non-hydrogen) atoms. The average Bonchev–Trinajstić information content (AvgIpc) is 2.84. The van der Waals surface area contributed by atoms with Crippen molar-refractivity contribution in [3.8, 4) is 0 Å². The summed E-state index contributed by atoms with van der Waals surface area (Å²) in [5.41, 5.74) is 5.55. The number of rotatable bonds is 5. The monoisotopic (exact) mass is 224 g/mol. The van der Waals surface area contributed by atoms with E-state index in [2.05, 4.69) is 25.5 Å². The number of nitrogens with two attached hydrogens (primary N) is 1. The molecule has 0 radical (unpaired) electrons. The number of hydrogen-bond acceptors (Lipinski definition) is 6. The molecule has 0 saturated heterocycles. The lowest BCUT2D eigenvalue weighted by molar-refractivity contribution is 0.805. The van der Waals surface area contributed by atoms with Crippen molar-refractivity contribution in [1.29, 1.82) is 0 Å². The summed E-state index contributed by atoms with van der Waals surface area (Å²) in [7, 11) is 0. The van der Waals surface area contributed by atoms with Crippen molar-refractivity contribution in [2.75, 3.05) is 17.6 Å². The molecule has 0 unspecified atom stereocenters. The molecule has 0 aliphatic heterocycles. The molecule has 7 heteroatoms. The lowest BCUT2D eigenvalue weighted by Crippen LogP contribution is -2.03. The first-order valence-electron chi connectivity index (χ1n) is 4.64. The lowest BCUT2D eigenvalue weighted by atomic mass is 10.3. The van der Waals surface area contributed by atoms with E-state index < -0.39 is 0 Å². The van der Waals surface area contributed by atoms with Gasteiger partial charge in [0.15, 0.2) is 5.13 Å². The molecule has 0 atom stereocenters. The molecular formula is C8H12N6S. The molecule has 0 aromatic carbocycles. The molecule has 0 bridgehead atoms. The minimum Gasteiger partial charge on any atom is -0.389 e. The largest absolute Gasteiger partial charge is 0.389 e. The van der Waals surface area contributed by atoms with Crippen molar-refractivity contribution in [3.05, 3.63) is 18.3 Å². The van der Waals surface area contributed by atoms with Gasteiger partial charge in [-0.05, 0) is 6.42 Å². The van der Waals surface area contributed by atoms with Crippen molar-refractivity contribution in [2.24, 2.45) is 0 Å². The fourth-order valence-electron chi connectivity index (χ4n) is 1.17. The normalized spacial score (nSPS) is 10.4. The molecule has 0 spiro atoms. The highest BCUT2D eigenvalue weighted by Gasteiger charge is 1.98. The smallest absolute Gasteiger partial charge is 0.184 e. The fourth-order valence-corrected chi connectivity index (χ4v) is 1.78. The van der Waals surface area contributed by atoms with Crippen LogP contribution in [0.25, 0.3) is 0 Å². The van der Waals surface area contributed by atoms with Crippen LogP contribution in [0.4, 0.5) is 10.1 Å². The van der Waals surface area contributed by atoms with Crippen LogP contribution >= 0.6 is 11.3 Å². The summed E-state index contributed by atoms with van der Waals surface area (Å²) < 4.78 is 0. The molecule has 80 valence electrons. The quantitative estimate of drug-likeness (QED) is 0.656. The second kappa shape index (κ2) is 4.74. The number of anilines is 2. The highest BCUT2D eigenvalue weighted by atomic mass is 32.1. The Morgan fingerprint density at radius 1 is 1.47 bits per heavy atom. The molecule has 2 aromatic rings. The Morgan fingerprint density at radius 2 is 2.40 bits per heavy atom. The van der Waals surface area contributed by atoms with Crippen molar-refractivity contribution >= 4 is 21.5 Å². The first-order chi connectivity index (χ1) is 7.34. The molecule has 2 rings (SSSR count). The van der Waals surface area contributed by atoms with Crippen LogP contribution in [0.2, 0.25) is 0 Å². The number of nitrogens with one attached hydrogen (secondary N) is 2. The highest BCUT2D eigenvalue weighted by Crippen LogP contribution is 2.19. The van der Waals surface area contributed by atoms with Crippen LogP contribution in [-0.2, 0) is 6.42 Å². The number of nitrogens with zero attached hydrogens (tertiary/aromatic N) is 3. The third kappa shape index (κ3) is 2.91. The zero-order valence-electron chi connectivity index (χ0n) is 8.10. The van der Waals surface area contributed by atoms with E-state index in [-0.39, 0.29) is 0 Å². The molecule has 6 nitrogen and oxygen atoms in total. The SMILES string of the molecule is Nc1cnc(NCCCc2ncn[nH]2)s1. The molecule has 0 aliphatic rings. The summed E-state index contributed by atoms with van der Waals surface area (Å²) in [6, 6.07) is 0. The minimum absolute atomic E-state index is 0.729. The molecule has 2 heterocycles. The van der Waals surface area contributed by atoms with Gasteiger partial charge >= 0.3 is 0 Å².